The van der Waals surface area contributed by atoms with E-state index in [1.54, 1.807) is 0 Å². The Morgan fingerprint density at radius 1 is 1.29 bits per heavy atom. The molecule has 0 aromatic heterocycles. The minimum absolute atomic E-state index is 0. The maximum absolute atomic E-state index is 3.64. The maximum Gasteiger partial charge on any atom is 0 e. The van der Waals surface area contributed by atoms with E-state index in [4.69, 9.17) is 0 Å². The van der Waals surface area contributed by atoms with E-state index in [9.17, 15) is 0 Å². The van der Waals surface area contributed by atoms with Crippen molar-refractivity contribution in [2.24, 2.45) is 0 Å². The first kappa shape index (κ1) is 10.6. The zero-order chi connectivity index (χ0) is 4.99. The molecule has 0 N–H and O–H groups in total. The number of nitrogens with zero attached hydrogens (tertiary/aromatic N) is 1. The van der Waals surface area contributed by atoms with E-state index in [0.717, 1.165) is 13.1 Å². The van der Waals surface area contributed by atoms with Crippen molar-refractivity contribution < 1.29 is 22.4 Å². The molecule has 0 aliphatic heterocycles. The molecule has 0 aromatic carbocycles. The van der Waals surface area contributed by atoms with Crippen LogP contribution in [0.25, 0.3) is 0 Å². The second-order valence-electron chi connectivity index (χ2n) is 1.30. The Bertz CT molecular complexity index is 27.3. The molecule has 0 unspecified atom stereocenters. The first-order valence-electron chi connectivity index (χ1n) is 2.08. The van der Waals surface area contributed by atoms with Crippen LogP contribution >= 0.6 is 0 Å². The molecule has 0 saturated carbocycles. The third-order valence-electron chi connectivity index (χ3n) is 0.763. The molecule has 0 bridgehead atoms. The van der Waals surface area contributed by atoms with Gasteiger partial charge >= 0.3 is 0 Å². The Morgan fingerprint density at radius 2 is 1.57 bits per heavy atom. The van der Waals surface area contributed by atoms with Crippen molar-refractivity contribution in [3.05, 3.63) is 13.8 Å². The minimum Gasteiger partial charge on any atom is -0.365 e. The summed E-state index contributed by atoms with van der Waals surface area (Å²) in [5.74, 6) is 0. The zero-order valence-corrected chi connectivity index (χ0v) is 6.74. The second-order valence-corrected chi connectivity index (χ2v) is 1.30. The number of rotatable bonds is 2. The van der Waals surface area contributed by atoms with E-state index in [0.29, 0.717) is 0 Å². The summed E-state index contributed by atoms with van der Waals surface area (Å²) in [6, 6.07) is 0. The van der Waals surface area contributed by atoms with Crippen molar-refractivity contribution in [3.8, 4) is 0 Å². The average molecular weight is 282 g/mol. The molecule has 1 nitrogen and oxygen atoms in total. The van der Waals surface area contributed by atoms with Gasteiger partial charge in [-0.2, -0.15) is 0 Å². The van der Waals surface area contributed by atoms with E-state index in [2.05, 4.69) is 13.8 Å². The molecule has 0 heterocycles. The SMILES string of the molecule is [Au].[CH2-]CN(C)C[CH2-]. The monoisotopic (exact) mass is 282 g/mol. The van der Waals surface area contributed by atoms with Crippen LogP contribution in [0.5, 0.6) is 0 Å². The van der Waals surface area contributed by atoms with Crippen LogP contribution in [0.4, 0.5) is 0 Å². The quantitative estimate of drug-likeness (QED) is 0.529. The molecule has 0 fully saturated rings. The van der Waals surface area contributed by atoms with Crippen molar-refractivity contribution in [2.45, 2.75) is 0 Å². The third kappa shape index (κ3) is 6.70. The van der Waals surface area contributed by atoms with E-state index in [-0.39, 0.29) is 22.4 Å². The van der Waals surface area contributed by atoms with Gasteiger partial charge in [0, 0.05) is 22.4 Å². The largest absolute Gasteiger partial charge is 0.365 e. The fourth-order valence-corrected chi connectivity index (χ4v) is 0.112. The van der Waals surface area contributed by atoms with Gasteiger partial charge in [-0.25, -0.2) is 0 Å². The zero-order valence-electron chi connectivity index (χ0n) is 4.58. The molecule has 0 rings (SSSR count). The Morgan fingerprint density at radius 3 is 1.57 bits per heavy atom. The van der Waals surface area contributed by atoms with Gasteiger partial charge in [-0.3, -0.25) is 0 Å². The third-order valence-corrected chi connectivity index (χ3v) is 0.763. The van der Waals surface area contributed by atoms with E-state index in [1.807, 2.05) is 11.9 Å². The van der Waals surface area contributed by atoms with Crippen LogP contribution in [0.15, 0.2) is 0 Å². The van der Waals surface area contributed by atoms with Gasteiger partial charge in [-0.05, 0) is 7.05 Å². The fourth-order valence-electron chi connectivity index (χ4n) is 0.112. The summed E-state index contributed by atoms with van der Waals surface area (Å²) in [6.07, 6.45) is 0. The summed E-state index contributed by atoms with van der Waals surface area (Å²) in [5, 5.41) is 0. The van der Waals surface area contributed by atoms with Crippen molar-refractivity contribution in [1.29, 1.82) is 0 Å². The molecule has 0 aliphatic rings. The van der Waals surface area contributed by atoms with E-state index >= 15 is 0 Å². The first-order valence-corrected chi connectivity index (χ1v) is 2.08. The Hall–Kier alpha value is 0.700. The summed E-state index contributed by atoms with van der Waals surface area (Å²) in [4.78, 5) is 2.03. The molecule has 49 valence electrons. The van der Waals surface area contributed by atoms with Gasteiger partial charge < -0.3 is 18.7 Å². The van der Waals surface area contributed by atoms with Crippen LogP contribution in [0.1, 0.15) is 0 Å². The first-order chi connectivity index (χ1) is 2.81. The summed E-state index contributed by atoms with van der Waals surface area (Å²) >= 11 is 0. The van der Waals surface area contributed by atoms with Crippen molar-refractivity contribution in [2.75, 3.05) is 20.1 Å². The molecule has 0 aromatic rings. The Balaban J connectivity index is 0. The van der Waals surface area contributed by atoms with Gasteiger partial charge in [0.25, 0.3) is 0 Å². The van der Waals surface area contributed by atoms with Crippen LogP contribution in [-0.2, 0) is 22.4 Å². The minimum atomic E-state index is 0. The van der Waals surface area contributed by atoms with Gasteiger partial charge in [0.1, 0.15) is 0 Å². The standard InChI is InChI=1S/C5H11N.Au/c1-4-6(3)5-2;/h1-2,4-5H2,3H3;/q-2;. The van der Waals surface area contributed by atoms with Crippen LogP contribution in [0, 0.1) is 13.8 Å². The molecule has 0 amide bonds. The van der Waals surface area contributed by atoms with Crippen LogP contribution in [0.3, 0.4) is 0 Å². The van der Waals surface area contributed by atoms with Gasteiger partial charge in [-0.15, -0.1) is 13.1 Å². The molecular weight excluding hydrogens is 271 g/mol. The fraction of sp³-hybridized carbons (Fsp3) is 0.600. The van der Waals surface area contributed by atoms with Gasteiger partial charge in [0.05, 0.1) is 0 Å². The summed E-state index contributed by atoms with van der Waals surface area (Å²) in [7, 11) is 1.99. The predicted octanol–water partition coefficient (Wildman–Crippen LogP) is 0.584. The topological polar surface area (TPSA) is 3.24 Å². The van der Waals surface area contributed by atoms with Crippen molar-refractivity contribution in [3.63, 3.8) is 0 Å². The van der Waals surface area contributed by atoms with Gasteiger partial charge in [0.2, 0.25) is 0 Å². The Labute approximate surface area is 61.6 Å². The van der Waals surface area contributed by atoms with Crippen LogP contribution < -0.4 is 0 Å². The molecule has 0 saturated heterocycles. The average Bonchev–Trinajstić information content (AvgIpc) is 1.65. The molecule has 1 radical (unpaired) electrons. The summed E-state index contributed by atoms with van der Waals surface area (Å²) in [6.45, 7) is 8.99. The summed E-state index contributed by atoms with van der Waals surface area (Å²) in [5.41, 5.74) is 0. The predicted molar refractivity (Wildman–Crippen MR) is 28.2 cm³/mol. The van der Waals surface area contributed by atoms with Gasteiger partial charge in [0.15, 0.2) is 0 Å². The van der Waals surface area contributed by atoms with E-state index < -0.39 is 0 Å². The molecule has 0 aliphatic carbocycles. The number of hydrogen-bond donors (Lipinski definition) is 0. The summed E-state index contributed by atoms with van der Waals surface area (Å²) < 4.78 is 0. The molecular formula is C5H11AuN-2. The molecule has 0 atom stereocenters. The van der Waals surface area contributed by atoms with Gasteiger partial charge in [-0.1, -0.05) is 0 Å². The maximum atomic E-state index is 3.64. The van der Waals surface area contributed by atoms with Crippen LogP contribution in [-0.4, -0.2) is 25.0 Å². The number of hydrogen-bond acceptors (Lipinski definition) is 1. The van der Waals surface area contributed by atoms with Crippen LogP contribution in [0.2, 0.25) is 0 Å². The van der Waals surface area contributed by atoms with Crippen molar-refractivity contribution in [1.82, 2.24) is 4.90 Å². The van der Waals surface area contributed by atoms with Crippen molar-refractivity contribution >= 4 is 0 Å². The molecule has 7 heavy (non-hydrogen) atoms. The van der Waals surface area contributed by atoms with E-state index in [1.165, 1.54) is 0 Å². The second kappa shape index (κ2) is 6.70. The Kier molecular flexibility index (Phi) is 10.2. The molecule has 2 heteroatoms. The molecule has 0 spiro atoms. The normalized spacial score (nSPS) is 8.57. The smallest absolute Gasteiger partial charge is 0 e.